The van der Waals surface area contributed by atoms with Gasteiger partial charge in [0.1, 0.15) is 0 Å². The summed E-state index contributed by atoms with van der Waals surface area (Å²) in [4.78, 5) is 2.56. The normalized spacial score (nSPS) is 29.4. The Morgan fingerprint density at radius 3 is 2.77 bits per heavy atom. The first kappa shape index (κ1) is 8.97. The second-order valence-corrected chi connectivity index (χ2v) is 3.86. The largest absolute Gasteiger partial charge is 0.314 e. The van der Waals surface area contributed by atoms with Crippen LogP contribution in [0.25, 0.3) is 0 Å². The lowest BCUT2D eigenvalue weighted by Crippen LogP contribution is -2.45. The highest BCUT2D eigenvalue weighted by Crippen LogP contribution is 2.13. The van der Waals surface area contributed by atoms with Crippen molar-refractivity contribution < 1.29 is 0 Å². The predicted octanol–water partition coefficient (Wildman–Crippen LogP) is 1.02. The van der Waals surface area contributed by atoms with E-state index in [0.717, 1.165) is 19.0 Å². The summed E-state index contributed by atoms with van der Waals surface area (Å²) in [6, 6.07) is 0. The molecule has 1 heterocycles. The minimum atomic E-state index is 0.753. The Bertz CT molecular complexity index is 202. The van der Waals surface area contributed by atoms with Gasteiger partial charge in [0.2, 0.25) is 0 Å². The van der Waals surface area contributed by atoms with Gasteiger partial charge in [-0.15, -0.1) is 0 Å². The molecule has 1 saturated heterocycles. The van der Waals surface area contributed by atoms with Crippen molar-refractivity contribution in [2.75, 3.05) is 32.7 Å². The van der Waals surface area contributed by atoms with Gasteiger partial charge in [0, 0.05) is 32.7 Å². The molecule has 2 heteroatoms. The van der Waals surface area contributed by atoms with E-state index in [1.54, 1.807) is 0 Å². The van der Waals surface area contributed by atoms with E-state index in [-0.39, 0.29) is 0 Å². The van der Waals surface area contributed by atoms with Gasteiger partial charge in [-0.05, 0) is 12.3 Å². The zero-order valence-corrected chi connectivity index (χ0v) is 8.08. The number of nitrogens with zero attached hydrogens (tertiary/aromatic N) is 1. The SMILES string of the molecule is C1=CCC(CN2CCNCC2)C=C1. The van der Waals surface area contributed by atoms with Crippen molar-refractivity contribution in [1.82, 2.24) is 10.2 Å². The van der Waals surface area contributed by atoms with Crippen molar-refractivity contribution in [3.05, 3.63) is 24.3 Å². The highest BCUT2D eigenvalue weighted by molar-refractivity contribution is 5.11. The highest BCUT2D eigenvalue weighted by atomic mass is 15.2. The summed E-state index contributed by atoms with van der Waals surface area (Å²) in [5, 5.41) is 3.38. The van der Waals surface area contributed by atoms with Gasteiger partial charge in [-0.2, -0.15) is 0 Å². The summed E-state index contributed by atoms with van der Waals surface area (Å²) in [7, 11) is 0. The van der Waals surface area contributed by atoms with Gasteiger partial charge in [-0.25, -0.2) is 0 Å². The summed E-state index contributed by atoms with van der Waals surface area (Å²) in [5.41, 5.74) is 0. The van der Waals surface area contributed by atoms with E-state index in [1.165, 1.54) is 26.1 Å². The van der Waals surface area contributed by atoms with Crippen LogP contribution in [-0.2, 0) is 0 Å². The number of hydrogen-bond acceptors (Lipinski definition) is 2. The minimum Gasteiger partial charge on any atom is -0.314 e. The lowest BCUT2D eigenvalue weighted by molar-refractivity contribution is 0.220. The van der Waals surface area contributed by atoms with Crippen LogP contribution in [-0.4, -0.2) is 37.6 Å². The van der Waals surface area contributed by atoms with E-state index in [9.17, 15) is 0 Å². The fourth-order valence-corrected chi connectivity index (χ4v) is 1.99. The molecule has 2 nitrogen and oxygen atoms in total. The van der Waals surface area contributed by atoms with E-state index in [1.807, 2.05) is 0 Å². The van der Waals surface area contributed by atoms with E-state index in [2.05, 4.69) is 34.5 Å². The van der Waals surface area contributed by atoms with Gasteiger partial charge in [0.05, 0.1) is 0 Å². The molecule has 0 saturated carbocycles. The maximum Gasteiger partial charge on any atom is 0.0108 e. The van der Waals surface area contributed by atoms with Crippen LogP contribution in [0.1, 0.15) is 6.42 Å². The molecule has 1 aliphatic heterocycles. The van der Waals surface area contributed by atoms with Crippen molar-refractivity contribution in [3.8, 4) is 0 Å². The highest BCUT2D eigenvalue weighted by Gasteiger charge is 2.13. The Kier molecular flexibility index (Phi) is 3.16. The molecular weight excluding hydrogens is 160 g/mol. The zero-order valence-electron chi connectivity index (χ0n) is 8.08. The lowest BCUT2D eigenvalue weighted by Gasteiger charge is -2.30. The van der Waals surface area contributed by atoms with Crippen LogP contribution < -0.4 is 5.32 Å². The van der Waals surface area contributed by atoms with Crippen molar-refractivity contribution in [2.24, 2.45) is 5.92 Å². The van der Waals surface area contributed by atoms with Gasteiger partial charge in [-0.1, -0.05) is 24.3 Å². The molecule has 13 heavy (non-hydrogen) atoms. The molecule has 1 N–H and O–H groups in total. The first-order chi connectivity index (χ1) is 6.45. The van der Waals surface area contributed by atoms with E-state index in [0.29, 0.717) is 0 Å². The van der Waals surface area contributed by atoms with Gasteiger partial charge in [-0.3, -0.25) is 0 Å². The average molecular weight is 178 g/mol. The van der Waals surface area contributed by atoms with E-state index >= 15 is 0 Å². The zero-order chi connectivity index (χ0) is 8.93. The fourth-order valence-electron chi connectivity index (χ4n) is 1.99. The minimum absolute atomic E-state index is 0.753. The molecule has 0 radical (unpaired) electrons. The molecule has 72 valence electrons. The second-order valence-electron chi connectivity index (χ2n) is 3.86. The smallest absolute Gasteiger partial charge is 0.0108 e. The molecule has 0 aromatic rings. The quantitative estimate of drug-likeness (QED) is 0.679. The Morgan fingerprint density at radius 2 is 2.08 bits per heavy atom. The molecule has 2 aliphatic rings. The third-order valence-corrected chi connectivity index (χ3v) is 2.77. The Balaban J connectivity index is 1.76. The number of rotatable bonds is 2. The summed E-state index contributed by atoms with van der Waals surface area (Å²) >= 11 is 0. The Labute approximate surface area is 80.3 Å². The molecule has 1 atom stereocenters. The van der Waals surface area contributed by atoms with Gasteiger partial charge >= 0.3 is 0 Å². The average Bonchev–Trinajstić information content (AvgIpc) is 2.21. The van der Waals surface area contributed by atoms with Crippen LogP contribution in [0.2, 0.25) is 0 Å². The number of hydrogen-bond donors (Lipinski definition) is 1. The molecule has 0 aromatic carbocycles. The van der Waals surface area contributed by atoms with Crippen LogP contribution in [0.4, 0.5) is 0 Å². The van der Waals surface area contributed by atoms with Crippen molar-refractivity contribution in [3.63, 3.8) is 0 Å². The fraction of sp³-hybridized carbons (Fsp3) is 0.636. The molecule has 0 spiro atoms. The summed E-state index contributed by atoms with van der Waals surface area (Å²) in [5.74, 6) is 0.753. The maximum atomic E-state index is 3.38. The second kappa shape index (κ2) is 4.58. The third-order valence-electron chi connectivity index (χ3n) is 2.77. The molecule has 0 aromatic heterocycles. The first-order valence-electron chi connectivity index (χ1n) is 5.21. The molecular formula is C11H18N2. The number of piperazine rings is 1. The van der Waals surface area contributed by atoms with Gasteiger partial charge < -0.3 is 10.2 Å². The molecule has 0 bridgehead atoms. The molecule has 2 rings (SSSR count). The molecule has 1 aliphatic carbocycles. The van der Waals surface area contributed by atoms with Crippen LogP contribution in [0, 0.1) is 5.92 Å². The van der Waals surface area contributed by atoms with Crippen molar-refractivity contribution in [2.45, 2.75) is 6.42 Å². The Morgan fingerprint density at radius 1 is 1.23 bits per heavy atom. The van der Waals surface area contributed by atoms with E-state index in [4.69, 9.17) is 0 Å². The van der Waals surface area contributed by atoms with E-state index < -0.39 is 0 Å². The number of allylic oxidation sites excluding steroid dienone is 3. The molecule has 0 amide bonds. The van der Waals surface area contributed by atoms with Gasteiger partial charge in [0.15, 0.2) is 0 Å². The summed E-state index contributed by atoms with van der Waals surface area (Å²) < 4.78 is 0. The summed E-state index contributed by atoms with van der Waals surface area (Å²) in [6.45, 7) is 5.99. The number of nitrogens with one attached hydrogen (secondary N) is 1. The Hall–Kier alpha value is -0.600. The van der Waals surface area contributed by atoms with Crippen molar-refractivity contribution >= 4 is 0 Å². The lowest BCUT2D eigenvalue weighted by atomic mass is 10.00. The maximum absolute atomic E-state index is 3.38. The first-order valence-corrected chi connectivity index (χ1v) is 5.21. The van der Waals surface area contributed by atoms with Crippen LogP contribution in [0.15, 0.2) is 24.3 Å². The molecule has 1 fully saturated rings. The molecule has 1 unspecified atom stereocenters. The van der Waals surface area contributed by atoms with Crippen LogP contribution in [0.3, 0.4) is 0 Å². The monoisotopic (exact) mass is 178 g/mol. The van der Waals surface area contributed by atoms with Crippen LogP contribution in [0.5, 0.6) is 0 Å². The standard InChI is InChI=1S/C11H18N2/c1-2-4-11(5-3-1)10-13-8-6-12-7-9-13/h1-4,11-12H,5-10H2. The van der Waals surface area contributed by atoms with Crippen LogP contribution >= 0.6 is 0 Å². The van der Waals surface area contributed by atoms with Gasteiger partial charge in [0.25, 0.3) is 0 Å². The third kappa shape index (κ3) is 2.68. The van der Waals surface area contributed by atoms with Crippen molar-refractivity contribution in [1.29, 1.82) is 0 Å². The summed E-state index contributed by atoms with van der Waals surface area (Å²) in [6.07, 6.45) is 10.2. The predicted molar refractivity (Wildman–Crippen MR) is 55.7 cm³/mol. The topological polar surface area (TPSA) is 15.3 Å².